The summed E-state index contributed by atoms with van der Waals surface area (Å²) in [6.07, 6.45) is 3.72. The van der Waals surface area contributed by atoms with E-state index in [4.69, 9.17) is 21.6 Å². The second-order valence-electron chi connectivity index (χ2n) is 3.03. The fourth-order valence-electron chi connectivity index (χ4n) is 1.09. The quantitative estimate of drug-likeness (QED) is 0.563. The first-order valence-electron chi connectivity index (χ1n) is 4.71. The highest BCUT2D eigenvalue weighted by Gasteiger charge is 2.01. The Hall–Kier alpha value is -1.46. The molecule has 1 aromatic rings. The average Bonchev–Trinajstić information content (AvgIpc) is 2.25. The predicted molar refractivity (Wildman–Crippen MR) is 61.1 cm³/mol. The molecule has 0 N–H and O–H groups in total. The molecule has 1 aromatic carbocycles. The maximum atomic E-state index is 8.67. The van der Waals surface area contributed by atoms with Gasteiger partial charge in [-0.15, -0.1) is 6.58 Å². The van der Waals surface area contributed by atoms with Crippen LogP contribution in [0.1, 0.15) is 18.4 Å². The van der Waals surface area contributed by atoms with Gasteiger partial charge in [0.05, 0.1) is 17.2 Å². The van der Waals surface area contributed by atoms with E-state index >= 15 is 0 Å². The molecule has 0 aliphatic rings. The molecule has 0 aromatic heterocycles. The molecule has 0 aliphatic heterocycles. The number of nitriles is 1. The fraction of sp³-hybridized carbons (Fsp3) is 0.250. The first-order chi connectivity index (χ1) is 7.27. The van der Waals surface area contributed by atoms with Crippen LogP contribution in [0.15, 0.2) is 30.9 Å². The molecule has 0 bridgehead atoms. The Kier molecular flexibility index (Phi) is 4.73. The third-order valence-electron chi connectivity index (χ3n) is 1.88. The predicted octanol–water partition coefficient (Wildman–Crippen LogP) is 3.56. The van der Waals surface area contributed by atoms with Gasteiger partial charge in [0.25, 0.3) is 0 Å². The van der Waals surface area contributed by atoms with Crippen LogP contribution in [0, 0.1) is 11.3 Å². The molecule has 0 heterocycles. The highest BCUT2D eigenvalue weighted by atomic mass is 35.5. The maximum Gasteiger partial charge on any atom is 0.120 e. The Balaban J connectivity index is 2.53. The smallest absolute Gasteiger partial charge is 0.120 e. The summed E-state index contributed by atoms with van der Waals surface area (Å²) in [5, 5.41) is 9.10. The zero-order valence-corrected chi connectivity index (χ0v) is 9.13. The van der Waals surface area contributed by atoms with Gasteiger partial charge >= 0.3 is 0 Å². The molecule has 1 rings (SSSR count). The van der Waals surface area contributed by atoms with Crippen molar-refractivity contribution in [3.05, 3.63) is 41.4 Å². The van der Waals surface area contributed by atoms with Crippen molar-refractivity contribution in [2.24, 2.45) is 0 Å². The van der Waals surface area contributed by atoms with Crippen molar-refractivity contribution < 1.29 is 4.74 Å². The van der Waals surface area contributed by atoms with Crippen molar-refractivity contribution in [1.82, 2.24) is 0 Å². The van der Waals surface area contributed by atoms with Gasteiger partial charge in [-0.3, -0.25) is 0 Å². The van der Waals surface area contributed by atoms with Crippen molar-refractivity contribution >= 4 is 11.6 Å². The lowest BCUT2D eigenvalue weighted by molar-refractivity contribution is 0.312. The Morgan fingerprint density at radius 2 is 2.33 bits per heavy atom. The first-order valence-corrected chi connectivity index (χ1v) is 5.09. The lowest BCUT2D eigenvalue weighted by Crippen LogP contribution is -1.96. The van der Waals surface area contributed by atoms with E-state index in [2.05, 4.69) is 6.58 Å². The van der Waals surface area contributed by atoms with Crippen LogP contribution in [0.25, 0.3) is 0 Å². The number of hydrogen-bond acceptors (Lipinski definition) is 2. The Morgan fingerprint density at radius 3 is 2.93 bits per heavy atom. The van der Waals surface area contributed by atoms with Crippen molar-refractivity contribution in [3.63, 3.8) is 0 Å². The van der Waals surface area contributed by atoms with E-state index in [1.54, 1.807) is 18.2 Å². The molecule has 0 amide bonds. The van der Waals surface area contributed by atoms with Gasteiger partial charge in [-0.05, 0) is 25.0 Å². The normalized spacial score (nSPS) is 9.33. The summed E-state index contributed by atoms with van der Waals surface area (Å²) in [5.41, 5.74) is 0.468. The topological polar surface area (TPSA) is 33.0 Å². The van der Waals surface area contributed by atoms with Gasteiger partial charge in [0.2, 0.25) is 0 Å². The number of halogens is 1. The van der Waals surface area contributed by atoms with Gasteiger partial charge in [0.1, 0.15) is 11.8 Å². The minimum Gasteiger partial charge on any atom is -0.494 e. The van der Waals surface area contributed by atoms with E-state index in [1.165, 1.54) is 0 Å². The van der Waals surface area contributed by atoms with E-state index in [0.717, 1.165) is 12.8 Å². The molecule has 2 nitrogen and oxygen atoms in total. The van der Waals surface area contributed by atoms with E-state index in [0.29, 0.717) is 22.9 Å². The molecule has 0 unspecified atom stereocenters. The molecule has 0 radical (unpaired) electrons. The fourth-order valence-corrected chi connectivity index (χ4v) is 1.31. The average molecular weight is 222 g/mol. The number of hydrogen-bond donors (Lipinski definition) is 0. The summed E-state index contributed by atoms with van der Waals surface area (Å²) in [6.45, 7) is 4.26. The highest BCUT2D eigenvalue weighted by molar-refractivity contribution is 6.31. The Bertz CT molecular complexity index is 382. The molecule has 0 saturated carbocycles. The molecule has 0 atom stereocenters. The second-order valence-corrected chi connectivity index (χ2v) is 3.44. The van der Waals surface area contributed by atoms with Crippen LogP contribution in [0.5, 0.6) is 5.75 Å². The molecular formula is C12H12ClNO. The number of unbranched alkanes of at least 4 members (excludes halogenated alkanes) is 1. The number of allylic oxidation sites excluding steroid dienone is 1. The third-order valence-corrected chi connectivity index (χ3v) is 2.20. The molecule has 0 aliphatic carbocycles. The molecule has 78 valence electrons. The molecule has 15 heavy (non-hydrogen) atoms. The van der Waals surface area contributed by atoms with Crippen LogP contribution in [-0.4, -0.2) is 6.61 Å². The lowest BCUT2D eigenvalue weighted by atomic mass is 10.2. The molecule has 0 saturated heterocycles. The zero-order valence-electron chi connectivity index (χ0n) is 8.37. The van der Waals surface area contributed by atoms with E-state index in [9.17, 15) is 0 Å². The maximum absolute atomic E-state index is 8.67. The second kappa shape index (κ2) is 6.10. The van der Waals surface area contributed by atoms with Crippen LogP contribution in [-0.2, 0) is 0 Å². The van der Waals surface area contributed by atoms with Crippen LogP contribution in [0.4, 0.5) is 0 Å². The van der Waals surface area contributed by atoms with Gasteiger partial charge in [0, 0.05) is 6.07 Å². The van der Waals surface area contributed by atoms with Crippen molar-refractivity contribution in [3.8, 4) is 11.8 Å². The Labute approximate surface area is 94.7 Å². The van der Waals surface area contributed by atoms with Gasteiger partial charge in [-0.2, -0.15) is 5.26 Å². The van der Waals surface area contributed by atoms with Crippen LogP contribution in [0.2, 0.25) is 5.02 Å². The number of rotatable bonds is 5. The number of benzene rings is 1. The zero-order chi connectivity index (χ0) is 11.1. The molecule has 0 spiro atoms. The summed E-state index contributed by atoms with van der Waals surface area (Å²) < 4.78 is 5.45. The molecular weight excluding hydrogens is 210 g/mol. The minimum absolute atomic E-state index is 0.429. The number of ether oxygens (including phenoxy) is 1. The van der Waals surface area contributed by atoms with Crippen LogP contribution in [0.3, 0.4) is 0 Å². The van der Waals surface area contributed by atoms with Crippen LogP contribution < -0.4 is 4.74 Å². The third kappa shape index (κ3) is 3.65. The van der Waals surface area contributed by atoms with Crippen molar-refractivity contribution in [2.75, 3.05) is 6.61 Å². The summed E-state index contributed by atoms with van der Waals surface area (Å²) in [5.74, 6) is 0.697. The lowest BCUT2D eigenvalue weighted by Gasteiger charge is -2.05. The summed E-state index contributed by atoms with van der Waals surface area (Å²) in [7, 11) is 0. The van der Waals surface area contributed by atoms with E-state index in [1.807, 2.05) is 12.1 Å². The van der Waals surface area contributed by atoms with Crippen molar-refractivity contribution in [2.45, 2.75) is 12.8 Å². The summed E-state index contributed by atoms with van der Waals surface area (Å²) >= 11 is 5.85. The van der Waals surface area contributed by atoms with E-state index < -0.39 is 0 Å². The van der Waals surface area contributed by atoms with E-state index in [-0.39, 0.29) is 0 Å². The highest BCUT2D eigenvalue weighted by Crippen LogP contribution is 2.21. The number of nitrogens with zero attached hydrogens (tertiary/aromatic N) is 1. The SMILES string of the molecule is C=CCCCOc1ccc(C#N)c(Cl)c1. The molecule has 3 heteroatoms. The molecule has 0 fully saturated rings. The summed E-state index contributed by atoms with van der Waals surface area (Å²) in [4.78, 5) is 0. The standard InChI is InChI=1S/C12H12ClNO/c1-2-3-4-7-15-11-6-5-10(9-14)12(13)8-11/h2,5-6,8H,1,3-4,7H2. The van der Waals surface area contributed by atoms with Crippen molar-refractivity contribution in [1.29, 1.82) is 5.26 Å². The summed E-state index contributed by atoms with van der Waals surface area (Å²) in [6, 6.07) is 7.07. The monoisotopic (exact) mass is 221 g/mol. The minimum atomic E-state index is 0.429. The Morgan fingerprint density at radius 1 is 1.53 bits per heavy atom. The van der Waals surface area contributed by atoms with Gasteiger partial charge in [0.15, 0.2) is 0 Å². The van der Waals surface area contributed by atoms with Gasteiger partial charge in [-0.1, -0.05) is 17.7 Å². The largest absolute Gasteiger partial charge is 0.494 e. The van der Waals surface area contributed by atoms with Crippen LogP contribution >= 0.6 is 11.6 Å². The van der Waals surface area contributed by atoms with Gasteiger partial charge < -0.3 is 4.74 Å². The first kappa shape index (κ1) is 11.6. The van der Waals surface area contributed by atoms with Gasteiger partial charge in [-0.25, -0.2) is 0 Å².